The minimum atomic E-state index is -1.15. The maximum absolute atomic E-state index is 12.0. The molecule has 0 radical (unpaired) electrons. The molecule has 0 aliphatic heterocycles. The van der Waals surface area contributed by atoms with Gasteiger partial charge in [-0.05, 0) is 55.3 Å². The Balaban J connectivity index is 2.05. The summed E-state index contributed by atoms with van der Waals surface area (Å²) in [5, 5.41) is 11.9. The van der Waals surface area contributed by atoms with E-state index in [4.69, 9.17) is 21.4 Å². The fraction of sp³-hybridized carbons (Fsp3) is 0.176. The van der Waals surface area contributed by atoms with Gasteiger partial charge in [-0.3, -0.25) is 4.79 Å². The summed E-state index contributed by atoms with van der Waals surface area (Å²) in [4.78, 5) is 23.1. The number of aryl methyl sites for hydroxylation is 2. The van der Waals surface area contributed by atoms with Crippen molar-refractivity contribution in [2.24, 2.45) is 0 Å². The van der Waals surface area contributed by atoms with Gasteiger partial charge in [-0.25, -0.2) is 4.79 Å². The standard InChI is InChI=1S/C17H16ClNO4/c1-10-5-11(2)7-13(6-10)23-9-16(20)19-15-8-12(18)3-4-14(15)17(21)22/h3-8H,9H2,1-2H3,(H,19,20)(H,21,22). The molecule has 2 rings (SSSR count). The van der Waals surface area contributed by atoms with Crippen LogP contribution in [0.15, 0.2) is 36.4 Å². The van der Waals surface area contributed by atoms with E-state index < -0.39 is 11.9 Å². The van der Waals surface area contributed by atoms with Crippen molar-refractivity contribution in [2.45, 2.75) is 13.8 Å². The zero-order valence-electron chi connectivity index (χ0n) is 12.7. The highest BCUT2D eigenvalue weighted by atomic mass is 35.5. The average molecular weight is 334 g/mol. The summed E-state index contributed by atoms with van der Waals surface area (Å²) in [6.45, 7) is 3.64. The zero-order valence-corrected chi connectivity index (χ0v) is 13.5. The number of ether oxygens (including phenoxy) is 1. The lowest BCUT2D eigenvalue weighted by atomic mass is 10.1. The molecule has 1 amide bonds. The Morgan fingerprint density at radius 1 is 1.13 bits per heavy atom. The average Bonchev–Trinajstić information content (AvgIpc) is 2.44. The van der Waals surface area contributed by atoms with Crippen molar-refractivity contribution in [3.05, 3.63) is 58.1 Å². The maximum Gasteiger partial charge on any atom is 0.337 e. The third-order valence-electron chi connectivity index (χ3n) is 3.05. The minimum Gasteiger partial charge on any atom is -0.484 e. The summed E-state index contributed by atoms with van der Waals surface area (Å²) in [5.74, 6) is -1.02. The highest BCUT2D eigenvalue weighted by molar-refractivity contribution is 6.31. The van der Waals surface area contributed by atoms with Crippen LogP contribution in [0.2, 0.25) is 5.02 Å². The Labute approximate surface area is 138 Å². The minimum absolute atomic E-state index is 0.0332. The lowest BCUT2D eigenvalue weighted by Gasteiger charge is -2.11. The topological polar surface area (TPSA) is 75.6 Å². The molecule has 0 fully saturated rings. The number of nitrogens with one attached hydrogen (secondary N) is 1. The number of aromatic carboxylic acids is 1. The van der Waals surface area contributed by atoms with Crippen LogP contribution in [0.1, 0.15) is 21.5 Å². The predicted octanol–water partition coefficient (Wildman–Crippen LogP) is 3.67. The van der Waals surface area contributed by atoms with E-state index >= 15 is 0 Å². The quantitative estimate of drug-likeness (QED) is 0.875. The van der Waals surface area contributed by atoms with Gasteiger partial charge in [0.15, 0.2) is 6.61 Å². The fourth-order valence-corrected chi connectivity index (χ4v) is 2.33. The second kappa shape index (κ2) is 7.15. The van der Waals surface area contributed by atoms with Crippen molar-refractivity contribution in [2.75, 3.05) is 11.9 Å². The van der Waals surface area contributed by atoms with Crippen LogP contribution in [0.5, 0.6) is 5.75 Å². The number of rotatable bonds is 5. The van der Waals surface area contributed by atoms with E-state index in [9.17, 15) is 9.59 Å². The summed E-state index contributed by atoms with van der Waals surface area (Å²) < 4.78 is 5.44. The van der Waals surface area contributed by atoms with Crippen molar-refractivity contribution in [1.29, 1.82) is 0 Å². The van der Waals surface area contributed by atoms with Crippen molar-refractivity contribution in [3.63, 3.8) is 0 Å². The van der Waals surface area contributed by atoms with Gasteiger partial charge in [0, 0.05) is 5.02 Å². The summed E-state index contributed by atoms with van der Waals surface area (Å²) >= 11 is 5.84. The van der Waals surface area contributed by atoms with E-state index in [2.05, 4.69) is 5.32 Å². The first-order valence-corrected chi connectivity index (χ1v) is 7.27. The third-order valence-corrected chi connectivity index (χ3v) is 3.29. The number of halogens is 1. The monoisotopic (exact) mass is 333 g/mol. The van der Waals surface area contributed by atoms with Gasteiger partial charge in [-0.2, -0.15) is 0 Å². The number of carboxylic acid groups (broad SMARTS) is 1. The fourth-order valence-electron chi connectivity index (χ4n) is 2.16. The molecule has 0 saturated carbocycles. The molecule has 6 heteroatoms. The number of anilines is 1. The molecule has 5 nitrogen and oxygen atoms in total. The van der Waals surface area contributed by atoms with E-state index in [-0.39, 0.29) is 17.9 Å². The largest absolute Gasteiger partial charge is 0.484 e. The van der Waals surface area contributed by atoms with E-state index in [0.717, 1.165) is 11.1 Å². The van der Waals surface area contributed by atoms with Crippen LogP contribution in [0, 0.1) is 13.8 Å². The van der Waals surface area contributed by atoms with Gasteiger partial charge >= 0.3 is 5.97 Å². The Bertz CT molecular complexity index is 738. The van der Waals surface area contributed by atoms with Gasteiger partial charge in [0.2, 0.25) is 0 Å². The molecular weight excluding hydrogens is 318 g/mol. The molecule has 2 aromatic carbocycles. The first-order chi connectivity index (χ1) is 10.8. The van der Waals surface area contributed by atoms with Crippen LogP contribution in [0.4, 0.5) is 5.69 Å². The zero-order chi connectivity index (χ0) is 17.0. The number of hydrogen-bond donors (Lipinski definition) is 2. The molecule has 0 aliphatic carbocycles. The van der Waals surface area contributed by atoms with E-state index in [1.54, 1.807) is 0 Å². The van der Waals surface area contributed by atoms with Crippen LogP contribution in [0.25, 0.3) is 0 Å². The van der Waals surface area contributed by atoms with Gasteiger partial charge in [0.25, 0.3) is 5.91 Å². The van der Waals surface area contributed by atoms with Crippen LogP contribution in [0.3, 0.4) is 0 Å². The van der Waals surface area contributed by atoms with Gasteiger partial charge in [-0.1, -0.05) is 17.7 Å². The van der Waals surface area contributed by atoms with Crippen LogP contribution in [-0.4, -0.2) is 23.6 Å². The number of benzene rings is 2. The first kappa shape index (κ1) is 16.8. The van der Waals surface area contributed by atoms with Gasteiger partial charge < -0.3 is 15.2 Å². The van der Waals surface area contributed by atoms with Crippen molar-refractivity contribution in [1.82, 2.24) is 0 Å². The maximum atomic E-state index is 12.0. The molecule has 0 heterocycles. The van der Waals surface area contributed by atoms with Crippen LogP contribution < -0.4 is 10.1 Å². The Morgan fingerprint density at radius 3 is 2.39 bits per heavy atom. The van der Waals surface area contributed by atoms with Crippen molar-refractivity contribution < 1.29 is 19.4 Å². The van der Waals surface area contributed by atoms with Gasteiger partial charge in [-0.15, -0.1) is 0 Å². The number of hydrogen-bond acceptors (Lipinski definition) is 3. The molecule has 2 aromatic rings. The van der Waals surface area contributed by atoms with E-state index in [1.165, 1.54) is 18.2 Å². The highest BCUT2D eigenvalue weighted by Gasteiger charge is 2.13. The molecule has 23 heavy (non-hydrogen) atoms. The molecular formula is C17H16ClNO4. The van der Waals surface area contributed by atoms with Crippen LogP contribution in [-0.2, 0) is 4.79 Å². The lowest BCUT2D eigenvalue weighted by Crippen LogP contribution is -2.21. The number of carbonyl (C=O) groups is 2. The third kappa shape index (κ3) is 4.72. The first-order valence-electron chi connectivity index (χ1n) is 6.89. The van der Waals surface area contributed by atoms with Gasteiger partial charge in [0.1, 0.15) is 5.75 Å². The van der Waals surface area contributed by atoms with E-state index in [0.29, 0.717) is 10.8 Å². The second-order valence-electron chi connectivity index (χ2n) is 5.16. The molecule has 2 N–H and O–H groups in total. The molecule has 0 atom stereocenters. The summed E-state index contributed by atoms with van der Waals surface area (Å²) in [7, 11) is 0. The molecule has 0 aliphatic rings. The molecule has 0 spiro atoms. The van der Waals surface area contributed by atoms with E-state index in [1.807, 2.05) is 32.0 Å². The van der Waals surface area contributed by atoms with Crippen LogP contribution >= 0.6 is 11.6 Å². The molecule has 120 valence electrons. The SMILES string of the molecule is Cc1cc(C)cc(OCC(=O)Nc2cc(Cl)ccc2C(=O)O)c1. The molecule has 0 saturated heterocycles. The molecule has 0 bridgehead atoms. The summed E-state index contributed by atoms with van der Waals surface area (Å²) in [5.41, 5.74) is 2.17. The second-order valence-corrected chi connectivity index (χ2v) is 5.59. The number of amides is 1. The predicted molar refractivity (Wildman–Crippen MR) is 88.5 cm³/mol. The molecule has 0 unspecified atom stereocenters. The summed E-state index contributed by atoms with van der Waals surface area (Å²) in [6.07, 6.45) is 0. The number of carbonyl (C=O) groups excluding carboxylic acids is 1. The Morgan fingerprint density at radius 2 is 1.78 bits per heavy atom. The van der Waals surface area contributed by atoms with Crippen molar-refractivity contribution in [3.8, 4) is 5.75 Å². The smallest absolute Gasteiger partial charge is 0.337 e. The molecule has 0 aromatic heterocycles. The normalized spacial score (nSPS) is 10.2. The summed E-state index contributed by atoms with van der Waals surface area (Å²) in [6, 6.07) is 9.82. The van der Waals surface area contributed by atoms with Crippen molar-refractivity contribution >= 4 is 29.2 Å². The lowest BCUT2D eigenvalue weighted by molar-refractivity contribution is -0.118. The Kier molecular flexibility index (Phi) is 5.24. The highest BCUT2D eigenvalue weighted by Crippen LogP contribution is 2.21. The Hall–Kier alpha value is -2.53. The van der Waals surface area contributed by atoms with Gasteiger partial charge in [0.05, 0.1) is 11.3 Å². The number of carboxylic acids is 1.